The van der Waals surface area contributed by atoms with Crippen molar-refractivity contribution < 1.29 is 0 Å². The van der Waals surface area contributed by atoms with E-state index in [0.29, 0.717) is 17.0 Å². The van der Waals surface area contributed by atoms with E-state index < -0.39 is 0 Å². The predicted octanol–water partition coefficient (Wildman–Crippen LogP) is 4.38. The summed E-state index contributed by atoms with van der Waals surface area (Å²) >= 11 is 3.69. The van der Waals surface area contributed by atoms with Gasteiger partial charge in [0.25, 0.3) is 0 Å². The fourth-order valence-electron chi connectivity index (χ4n) is 3.84. The van der Waals surface area contributed by atoms with Crippen LogP contribution >= 0.6 is 23.1 Å². The van der Waals surface area contributed by atoms with Crippen molar-refractivity contribution in [2.75, 3.05) is 10.9 Å². The second-order valence-electron chi connectivity index (χ2n) is 6.84. The first-order chi connectivity index (χ1) is 14.3. The van der Waals surface area contributed by atoms with Crippen molar-refractivity contribution in [2.45, 2.75) is 16.9 Å². The average Bonchev–Trinajstić information content (AvgIpc) is 3.17. The Kier molecular flexibility index (Phi) is 4.84. The molecule has 0 saturated carbocycles. The normalized spacial score (nSPS) is 18.4. The predicted molar refractivity (Wildman–Crippen MR) is 122 cm³/mol. The van der Waals surface area contributed by atoms with E-state index in [0.717, 1.165) is 16.6 Å². The van der Waals surface area contributed by atoms with E-state index in [4.69, 9.17) is 11.7 Å². The molecule has 4 aromatic rings. The first-order valence-electron chi connectivity index (χ1n) is 9.30. The Morgan fingerprint density at radius 1 is 0.862 bits per heavy atom. The van der Waals surface area contributed by atoms with Crippen LogP contribution in [0.25, 0.3) is 10.2 Å². The lowest BCUT2D eigenvalue weighted by Crippen LogP contribution is -2.16. The topological polar surface area (TPSA) is 102 Å². The van der Waals surface area contributed by atoms with E-state index in [1.807, 2.05) is 11.8 Å². The third-order valence-electron chi connectivity index (χ3n) is 5.15. The molecule has 0 amide bonds. The maximum absolute atomic E-state index is 5.81. The number of nitrogen functional groups attached to an aromatic ring is 2. The highest BCUT2D eigenvalue weighted by molar-refractivity contribution is 8.00. The SMILES string of the molecule is NNc1nc(NN)c2c3c(sc2n1)C(c1ccccc1)SC(c1ccccc1)C3. The van der Waals surface area contributed by atoms with E-state index in [9.17, 15) is 0 Å². The Morgan fingerprint density at radius 3 is 2.21 bits per heavy atom. The van der Waals surface area contributed by atoms with Crippen LogP contribution in [0.5, 0.6) is 0 Å². The molecule has 0 saturated heterocycles. The average molecular weight is 421 g/mol. The van der Waals surface area contributed by atoms with Gasteiger partial charge in [-0.25, -0.2) is 16.7 Å². The zero-order valence-electron chi connectivity index (χ0n) is 15.5. The number of thioether (sulfide) groups is 1. The molecule has 29 heavy (non-hydrogen) atoms. The number of anilines is 2. The van der Waals surface area contributed by atoms with Crippen molar-refractivity contribution in [2.24, 2.45) is 11.7 Å². The molecule has 146 valence electrons. The molecule has 0 fully saturated rings. The molecule has 0 radical (unpaired) electrons. The molecule has 0 aliphatic carbocycles. The summed E-state index contributed by atoms with van der Waals surface area (Å²) in [5.41, 5.74) is 9.16. The molecular formula is C21H20N6S2. The van der Waals surface area contributed by atoms with Crippen LogP contribution in [0, 0.1) is 0 Å². The van der Waals surface area contributed by atoms with Gasteiger partial charge in [-0.2, -0.15) is 4.98 Å². The van der Waals surface area contributed by atoms with Crippen molar-refractivity contribution in [1.29, 1.82) is 0 Å². The molecule has 3 heterocycles. The summed E-state index contributed by atoms with van der Waals surface area (Å²) < 4.78 is 0. The highest BCUT2D eigenvalue weighted by Gasteiger charge is 2.34. The Bertz CT molecular complexity index is 1150. The van der Waals surface area contributed by atoms with Gasteiger partial charge in [-0.05, 0) is 23.1 Å². The minimum Gasteiger partial charge on any atom is -0.308 e. The van der Waals surface area contributed by atoms with Gasteiger partial charge >= 0.3 is 0 Å². The summed E-state index contributed by atoms with van der Waals surface area (Å²) in [6, 6.07) is 21.3. The number of nitrogens with two attached hydrogens (primary N) is 2. The van der Waals surface area contributed by atoms with E-state index in [1.54, 1.807) is 11.3 Å². The second kappa shape index (κ2) is 7.64. The molecule has 1 aliphatic heterocycles. The summed E-state index contributed by atoms with van der Waals surface area (Å²) in [6.07, 6.45) is 0.904. The summed E-state index contributed by atoms with van der Waals surface area (Å²) in [6.45, 7) is 0. The monoisotopic (exact) mass is 420 g/mol. The lowest BCUT2D eigenvalue weighted by Gasteiger charge is -2.30. The molecule has 0 spiro atoms. The number of nitrogens with one attached hydrogen (secondary N) is 2. The molecule has 8 heteroatoms. The number of aromatic nitrogens is 2. The van der Waals surface area contributed by atoms with Crippen LogP contribution in [-0.4, -0.2) is 9.97 Å². The van der Waals surface area contributed by atoms with E-state index in [1.165, 1.54) is 21.6 Å². The van der Waals surface area contributed by atoms with Crippen LogP contribution in [0.1, 0.15) is 32.1 Å². The summed E-state index contributed by atoms with van der Waals surface area (Å²) in [5, 5.41) is 1.56. The van der Waals surface area contributed by atoms with Gasteiger partial charge in [-0.1, -0.05) is 60.7 Å². The van der Waals surface area contributed by atoms with Crippen LogP contribution in [-0.2, 0) is 6.42 Å². The maximum Gasteiger partial charge on any atom is 0.240 e. The summed E-state index contributed by atoms with van der Waals surface area (Å²) in [5.74, 6) is 12.3. The van der Waals surface area contributed by atoms with Crippen LogP contribution in [0.4, 0.5) is 11.8 Å². The third kappa shape index (κ3) is 3.24. The number of nitrogens with zero attached hydrogens (tertiary/aromatic N) is 2. The summed E-state index contributed by atoms with van der Waals surface area (Å²) in [4.78, 5) is 11.2. The van der Waals surface area contributed by atoms with E-state index in [2.05, 4.69) is 81.5 Å². The number of hydrogen-bond donors (Lipinski definition) is 4. The van der Waals surface area contributed by atoms with Gasteiger partial charge in [0, 0.05) is 10.1 Å². The lowest BCUT2D eigenvalue weighted by atomic mass is 9.98. The maximum atomic E-state index is 5.81. The number of benzene rings is 2. The minimum atomic E-state index is 0.226. The number of hydrazine groups is 2. The first-order valence-corrected chi connectivity index (χ1v) is 11.1. The van der Waals surface area contributed by atoms with Gasteiger partial charge in [0.1, 0.15) is 4.83 Å². The molecule has 2 unspecified atom stereocenters. The van der Waals surface area contributed by atoms with Gasteiger partial charge in [0.05, 0.1) is 10.6 Å². The zero-order valence-corrected chi connectivity index (χ0v) is 17.1. The van der Waals surface area contributed by atoms with Crippen molar-refractivity contribution in [3.63, 3.8) is 0 Å². The Morgan fingerprint density at radius 2 is 1.55 bits per heavy atom. The lowest BCUT2D eigenvalue weighted by molar-refractivity contribution is 0.894. The van der Waals surface area contributed by atoms with Crippen molar-refractivity contribution >= 4 is 45.1 Å². The van der Waals surface area contributed by atoms with Gasteiger partial charge < -0.3 is 5.43 Å². The second-order valence-corrected chi connectivity index (χ2v) is 9.18. The van der Waals surface area contributed by atoms with Crippen LogP contribution in [0.15, 0.2) is 60.7 Å². The van der Waals surface area contributed by atoms with Crippen LogP contribution in [0.2, 0.25) is 0 Å². The zero-order chi connectivity index (χ0) is 19.8. The standard InChI is InChI=1S/C21H20N6S2/c22-26-19-16-14-11-15(12-7-3-1-4-8-12)28-17(13-9-5-2-6-10-13)18(14)29-20(16)25-21(24-19)27-23/h1-10,15,17H,11,22-23H2,(H2,24,25,26,27). The van der Waals surface area contributed by atoms with E-state index in [-0.39, 0.29) is 5.25 Å². The molecule has 6 N–H and O–H groups in total. The quantitative estimate of drug-likeness (QED) is 0.287. The molecule has 5 rings (SSSR count). The third-order valence-corrected chi connectivity index (χ3v) is 8.04. The van der Waals surface area contributed by atoms with Gasteiger partial charge in [0.2, 0.25) is 5.95 Å². The number of hydrogen-bond acceptors (Lipinski definition) is 8. The summed E-state index contributed by atoms with van der Waals surface area (Å²) in [7, 11) is 0. The minimum absolute atomic E-state index is 0.226. The van der Waals surface area contributed by atoms with Crippen molar-refractivity contribution in [3.8, 4) is 0 Å². The fourth-order valence-corrected chi connectivity index (χ4v) is 6.85. The highest BCUT2D eigenvalue weighted by atomic mass is 32.2. The smallest absolute Gasteiger partial charge is 0.240 e. The largest absolute Gasteiger partial charge is 0.308 e. The molecule has 2 aromatic heterocycles. The van der Waals surface area contributed by atoms with E-state index >= 15 is 0 Å². The molecule has 0 bridgehead atoms. The van der Waals surface area contributed by atoms with Gasteiger partial charge in [-0.3, -0.25) is 5.43 Å². The Labute approximate surface area is 176 Å². The van der Waals surface area contributed by atoms with Gasteiger partial charge in [-0.15, -0.1) is 23.1 Å². The van der Waals surface area contributed by atoms with Crippen LogP contribution < -0.4 is 22.5 Å². The molecular weight excluding hydrogens is 400 g/mol. The van der Waals surface area contributed by atoms with Crippen molar-refractivity contribution in [1.82, 2.24) is 9.97 Å². The molecule has 6 nitrogen and oxygen atoms in total. The fraction of sp³-hybridized carbons (Fsp3) is 0.143. The molecule has 1 aliphatic rings. The number of thiophene rings is 1. The van der Waals surface area contributed by atoms with Crippen LogP contribution in [0.3, 0.4) is 0 Å². The number of fused-ring (bicyclic) bond motifs is 3. The molecule has 2 aromatic carbocycles. The Balaban J connectivity index is 1.72. The Hall–Kier alpha value is -2.65. The molecule has 2 atom stereocenters. The number of rotatable bonds is 4. The van der Waals surface area contributed by atoms with Gasteiger partial charge in [0.15, 0.2) is 5.82 Å². The first kappa shape index (κ1) is 18.4. The van der Waals surface area contributed by atoms with Crippen molar-refractivity contribution in [3.05, 3.63) is 82.2 Å². The highest BCUT2D eigenvalue weighted by Crippen LogP contribution is 2.55.